The van der Waals surface area contributed by atoms with E-state index in [-0.39, 0.29) is 17.9 Å². The van der Waals surface area contributed by atoms with Gasteiger partial charge in [-0.05, 0) is 67.5 Å². The van der Waals surface area contributed by atoms with Crippen LogP contribution < -0.4 is 15.4 Å². The molecule has 2 unspecified atom stereocenters. The summed E-state index contributed by atoms with van der Waals surface area (Å²) in [7, 11) is 0. The first-order valence-corrected chi connectivity index (χ1v) is 13.6. The van der Waals surface area contributed by atoms with Crippen LogP contribution in [0.15, 0.2) is 48.5 Å². The molecule has 2 aromatic rings. The highest BCUT2D eigenvalue weighted by Crippen LogP contribution is 2.32. The minimum atomic E-state index is -1.04. The number of hydrogen-bond acceptors (Lipinski definition) is 6. The summed E-state index contributed by atoms with van der Waals surface area (Å²) in [5.41, 5.74) is 2.86. The van der Waals surface area contributed by atoms with E-state index in [0.717, 1.165) is 49.8 Å². The van der Waals surface area contributed by atoms with Gasteiger partial charge in [-0.15, -0.1) is 0 Å². The highest BCUT2D eigenvalue weighted by molar-refractivity contribution is 5.99. The van der Waals surface area contributed by atoms with Gasteiger partial charge in [0.1, 0.15) is 18.1 Å². The van der Waals surface area contributed by atoms with E-state index in [2.05, 4.69) is 39.8 Å². The van der Waals surface area contributed by atoms with Crippen molar-refractivity contribution in [3.63, 3.8) is 0 Å². The standard InChI is InChI=1S/C29H36N4O4/c34-27-11-10-25(28(35)31-27)33-17-21-14-22(8-9-23(21)29(33)36)37-26-18-32(16-20-4-2-1-3-5-20)13-12-24(26)30-15-19-6-7-19/h1-5,8-9,14,19,24-26,28,30,35H,6-7,10-13,15-18H2,(H,31,34)/t24-,25?,26-,28?/m0/s1. The maximum atomic E-state index is 13.1. The number of fused-ring (bicyclic) bond motifs is 1. The molecule has 1 aliphatic carbocycles. The van der Waals surface area contributed by atoms with Gasteiger partial charge in [-0.3, -0.25) is 14.5 Å². The fraction of sp³-hybridized carbons (Fsp3) is 0.517. The van der Waals surface area contributed by atoms with Gasteiger partial charge in [-0.2, -0.15) is 0 Å². The summed E-state index contributed by atoms with van der Waals surface area (Å²) < 4.78 is 6.62. The molecule has 2 amide bonds. The molecule has 3 aliphatic heterocycles. The summed E-state index contributed by atoms with van der Waals surface area (Å²) in [6, 6.07) is 16.2. The summed E-state index contributed by atoms with van der Waals surface area (Å²) >= 11 is 0. The average molecular weight is 505 g/mol. The number of amides is 2. The van der Waals surface area contributed by atoms with Gasteiger partial charge in [0.05, 0.1) is 6.04 Å². The van der Waals surface area contributed by atoms with Crippen LogP contribution in [0, 0.1) is 5.92 Å². The molecule has 4 atom stereocenters. The van der Waals surface area contributed by atoms with Crippen molar-refractivity contribution in [2.45, 2.75) is 69.6 Å². The molecular formula is C29H36N4O4. The van der Waals surface area contributed by atoms with Crippen molar-refractivity contribution in [2.24, 2.45) is 5.92 Å². The zero-order valence-corrected chi connectivity index (χ0v) is 21.1. The molecule has 196 valence electrons. The monoisotopic (exact) mass is 504 g/mol. The van der Waals surface area contributed by atoms with Crippen LogP contribution in [0.25, 0.3) is 0 Å². The predicted molar refractivity (Wildman–Crippen MR) is 139 cm³/mol. The Bertz CT molecular complexity index is 1140. The van der Waals surface area contributed by atoms with Gasteiger partial charge in [-0.1, -0.05) is 30.3 Å². The first-order valence-electron chi connectivity index (χ1n) is 13.6. The lowest BCUT2D eigenvalue weighted by Gasteiger charge is -2.39. The molecule has 4 aliphatic rings. The third-order valence-corrected chi connectivity index (χ3v) is 8.19. The number of ether oxygens (including phenoxy) is 1. The van der Waals surface area contributed by atoms with E-state index >= 15 is 0 Å². The number of rotatable bonds is 8. The van der Waals surface area contributed by atoms with Crippen LogP contribution in [0.1, 0.15) is 53.6 Å². The van der Waals surface area contributed by atoms with Gasteiger partial charge >= 0.3 is 0 Å². The van der Waals surface area contributed by atoms with Crippen molar-refractivity contribution >= 4 is 11.8 Å². The van der Waals surface area contributed by atoms with E-state index in [0.29, 0.717) is 31.0 Å². The SMILES string of the molecule is O=C1CCC(N2Cc3cc(O[C@H]4CN(Cc5ccccc5)CC[C@@H]4NCC4CC4)ccc3C2=O)C(O)N1. The molecule has 6 rings (SSSR count). The lowest BCUT2D eigenvalue weighted by Crippen LogP contribution is -2.55. The molecule has 0 aromatic heterocycles. The van der Waals surface area contributed by atoms with Crippen LogP contribution in [-0.2, 0) is 17.9 Å². The highest BCUT2D eigenvalue weighted by Gasteiger charge is 2.39. The zero-order valence-electron chi connectivity index (χ0n) is 21.1. The third kappa shape index (κ3) is 5.51. The molecule has 0 radical (unpaired) electrons. The molecule has 3 N–H and O–H groups in total. The Morgan fingerprint density at radius 3 is 2.68 bits per heavy atom. The van der Waals surface area contributed by atoms with Crippen molar-refractivity contribution < 1.29 is 19.4 Å². The lowest BCUT2D eigenvalue weighted by molar-refractivity contribution is -0.129. The molecule has 3 fully saturated rings. The van der Waals surface area contributed by atoms with Crippen molar-refractivity contribution in [2.75, 3.05) is 19.6 Å². The molecule has 0 spiro atoms. The van der Waals surface area contributed by atoms with Crippen LogP contribution in [0.4, 0.5) is 0 Å². The minimum Gasteiger partial charge on any atom is -0.487 e. The molecule has 8 heteroatoms. The normalized spacial score (nSPS) is 28.2. The van der Waals surface area contributed by atoms with Gasteiger partial charge in [0.2, 0.25) is 5.91 Å². The number of carbonyl (C=O) groups is 2. The Kier molecular flexibility index (Phi) is 6.88. The molecule has 1 saturated carbocycles. The number of aliphatic hydroxyl groups is 1. The summed E-state index contributed by atoms with van der Waals surface area (Å²) in [5, 5.41) is 16.7. The van der Waals surface area contributed by atoms with Crippen molar-refractivity contribution in [1.82, 2.24) is 20.4 Å². The summed E-state index contributed by atoms with van der Waals surface area (Å²) in [6.45, 7) is 4.25. The third-order valence-electron chi connectivity index (χ3n) is 8.19. The largest absolute Gasteiger partial charge is 0.487 e. The van der Waals surface area contributed by atoms with Gasteiger partial charge < -0.3 is 25.4 Å². The van der Waals surface area contributed by atoms with E-state index in [1.165, 1.54) is 18.4 Å². The second-order valence-corrected chi connectivity index (χ2v) is 11.0. The van der Waals surface area contributed by atoms with E-state index in [4.69, 9.17) is 4.74 Å². The summed E-state index contributed by atoms with van der Waals surface area (Å²) in [4.78, 5) is 28.8. The Morgan fingerprint density at radius 2 is 1.89 bits per heavy atom. The van der Waals surface area contributed by atoms with Crippen LogP contribution in [0.5, 0.6) is 5.75 Å². The van der Waals surface area contributed by atoms with Crippen molar-refractivity contribution in [1.29, 1.82) is 0 Å². The number of carbonyl (C=O) groups excluding carboxylic acids is 2. The number of benzene rings is 2. The Hall–Kier alpha value is -2.94. The topological polar surface area (TPSA) is 94.1 Å². The maximum absolute atomic E-state index is 13.1. The van der Waals surface area contributed by atoms with Crippen LogP contribution >= 0.6 is 0 Å². The lowest BCUT2D eigenvalue weighted by atomic mass is 10.00. The Morgan fingerprint density at radius 1 is 1.05 bits per heavy atom. The van der Waals surface area contributed by atoms with Gasteiger partial charge in [-0.25, -0.2) is 0 Å². The zero-order chi connectivity index (χ0) is 25.4. The molecule has 2 aromatic carbocycles. The average Bonchev–Trinajstić information content (AvgIpc) is 3.67. The first kappa shape index (κ1) is 24.4. The number of nitrogens with one attached hydrogen (secondary N) is 2. The quantitative estimate of drug-likeness (QED) is 0.511. The Labute approximate surface area is 218 Å². The molecule has 0 bridgehead atoms. The van der Waals surface area contributed by atoms with Crippen LogP contribution in [-0.4, -0.2) is 70.8 Å². The smallest absolute Gasteiger partial charge is 0.254 e. The second-order valence-electron chi connectivity index (χ2n) is 11.0. The number of likely N-dealkylation sites (tertiary alicyclic amines) is 1. The van der Waals surface area contributed by atoms with Crippen molar-refractivity contribution in [3.05, 3.63) is 65.2 Å². The van der Waals surface area contributed by atoms with Crippen LogP contribution in [0.2, 0.25) is 0 Å². The summed E-state index contributed by atoms with van der Waals surface area (Å²) in [5.74, 6) is 1.30. The van der Waals surface area contributed by atoms with E-state index in [9.17, 15) is 14.7 Å². The number of hydrogen-bond donors (Lipinski definition) is 3. The van der Waals surface area contributed by atoms with Crippen LogP contribution in [0.3, 0.4) is 0 Å². The van der Waals surface area contributed by atoms with Gasteiger partial charge in [0, 0.05) is 44.2 Å². The molecule has 3 heterocycles. The number of aliphatic hydroxyl groups excluding tert-OH is 1. The fourth-order valence-corrected chi connectivity index (χ4v) is 5.89. The summed E-state index contributed by atoms with van der Waals surface area (Å²) in [6.07, 6.45) is 3.42. The Balaban J connectivity index is 1.15. The molecule has 2 saturated heterocycles. The molecular weight excluding hydrogens is 468 g/mol. The first-order chi connectivity index (χ1) is 18.0. The fourth-order valence-electron chi connectivity index (χ4n) is 5.89. The van der Waals surface area contributed by atoms with Gasteiger partial charge in [0.25, 0.3) is 5.91 Å². The predicted octanol–water partition coefficient (Wildman–Crippen LogP) is 2.26. The maximum Gasteiger partial charge on any atom is 0.254 e. The molecule has 37 heavy (non-hydrogen) atoms. The second kappa shape index (κ2) is 10.4. The minimum absolute atomic E-state index is 0.0119. The van der Waals surface area contributed by atoms with Gasteiger partial charge in [0.15, 0.2) is 0 Å². The highest BCUT2D eigenvalue weighted by atomic mass is 16.5. The number of nitrogens with zero attached hydrogens (tertiary/aromatic N) is 2. The van der Waals surface area contributed by atoms with Crippen molar-refractivity contribution in [3.8, 4) is 5.75 Å². The van der Waals surface area contributed by atoms with E-state index in [1.807, 2.05) is 24.3 Å². The molecule has 8 nitrogen and oxygen atoms in total. The van der Waals surface area contributed by atoms with E-state index < -0.39 is 12.3 Å². The van der Waals surface area contributed by atoms with E-state index in [1.54, 1.807) is 4.90 Å². The number of piperidine rings is 2.